The Bertz CT molecular complexity index is 629. The van der Waals surface area contributed by atoms with E-state index in [1.807, 2.05) is 13.8 Å². The summed E-state index contributed by atoms with van der Waals surface area (Å²) in [7, 11) is 1.40. The second kappa shape index (κ2) is 6.36. The van der Waals surface area contributed by atoms with Crippen molar-refractivity contribution >= 4 is 11.3 Å². The van der Waals surface area contributed by atoms with E-state index in [2.05, 4.69) is 9.72 Å². The fourth-order valence-electron chi connectivity index (χ4n) is 1.95. The van der Waals surface area contributed by atoms with Gasteiger partial charge in [-0.1, -0.05) is 0 Å². The van der Waals surface area contributed by atoms with Crippen molar-refractivity contribution in [1.29, 1.82) is 0 Å². The number of benzene rings is 1. The van der Waals surface area contributed by atoms with Crippen LogP contribution < -0.4 is 15.2 Å². The standard InChI is InChI=1S/C14H16F2N2O2S/c1-7(17)12-8(2)18-13(21-12)9-4-5-10(19-3)11(6-9)20-14(15)16/h4-7,14H,17H2,1-3H3. The number of nitrogens with zero attached hydrogens (tertiary/aromatic N) is 1. The lowest BCUT2D eigenvalue weighted by Crippen LogP contribution is -2.03. The fourth-order valence-corrected chi connectivity index (χ4v) is 2.97. The molecule has 1 unspecified atom stereocenters. The molecule has 1 atom stereocenters. The molecule has 1 aromatic heterocycles. The third-order valence-electron chi connectivity index (χ3n) is 2.87. The van der Waals surface area contributed by atoms with Gasteiger partial charge in [0.05, 0.1) is 12.8 Å². The molecule has 0 spiro atoms. The molecule has 1 heterocycles. The van der Waals surface area contributed by atoms with Crippen LogP contribution in [0.25, 0.3) is 10.6 Å². The number of aromatic nitrogens is 1. The smallest absolute Gasteiger partial charge is 0.387 e. The van der Waals surface area contributed by atoms with Gasteiger partial charge in [-0.05, 0) is 32.0 Å². The van der Waals surface area contributed by atoms with Gasteiger partial charge in [0.1, 0.15) is 5.01 Å². The molecule has 2 N–H and O–H groups in total. The molecule has 0 bridgehead atoms. The van der Waals surface area contributed by atoms with Crippen LogP contribution in [0.5, 0.6) is 11.5 Å². The monoisotopic (exact) mass is 314 g/mol. The quantitative estimate of drug-likeness (QED) is 0.913. The number of aryl methyl sites for hydroxylation is 1. The third kappa shape index (κ3) is 3.48. The molecule has 2 aromatic rings. The van der Waals surface area contributed by atoms with E-state index < -0.39 is 6.61 Å². The van der Waals surface area contributed by atoms with Gasteiger partial charge in [0.25, 0.3) is 0 Å². The van der Waals surface area contributed by atoms with Crippen LogP contribution in [0.1, 0.15) is 23.5 Å². The molecule has 114 valence electrons. The first-order chi connectivity index (χ1) is 9.92. The van der Waals surface area contributed by atoms with Crippen molar-refractivity contribution in [2.45, 2.75) is 26.5 Å². The Labute approximate surface area is 125 Å². The highest BCUT2D eigenvalue weighted by atomic mass is 32.1. The zero-order chi connectivity index (χ0) is 15.6. The zero-order valence-electron chi connectivity index (χ0n) is 11.9. The Kier molecular flexibility index (Phi) is 4.74. The van der Waals surface area contributed by atoms with Gasteiger partial charge in [-0.2, -0.15) is 8.78 Å². The predicted molar refractivity (Wildman–Crippen MR) is 78.1 cm³/mol. The number of hydrogen-bond acceptors (Lipinski definition) is 5. The third-order valence-corrected chi connectivity index (χ3v) is 4.28. The summed E-state index contributed by atoms with van der Waals surface area (Å²) in [5.74, 6) is 0.236. The first-order valence-corrected chi connectivity index (χ1v) is 7.10. The molecule has 0 radical (unpaired) electrons. The van der Waals surface area contributed by atoms with Crippen molar-refractivity contribution < 1.29 is 18.3 Å². The Balaban J connectivity index is 2.42. The lowest BCUT2D eigenvalue weighted by atomic mass is 10.2. The number of rotatable bonds is 5. The molecule has 1 aromatic carbocycles. The Hall–Kier alpha value is -1.73. The van der Waals surface area contributed by atoms with Gasteiger partial charge in [0.15, 0.2) is 11.5 Å². The highest BCUT2D eigenvalue weighted by Crippen LogP contribution is 2.36. The average molecular weight is 314 g/mol. The number of alkyl halides is 2. The molecule has 0 aliphatic carbocycles. The van der Waals surface area contributed by atoms with E-state index in [4.69, 9.17) is 10.5 Å². The number of ether oxygens (including phenoxy) is 2. The summed E-state index contributed by atoms with van der Waals surface area (Å²) >= 11 is 1.44. The molecule has 2 rings (SSSR count). The van der Waals surface area contributed by atoms with E-state index in [0.717, 1.165) is 10.6 Å². The molecule has 0 aliphatic heterocycles. The molecule has 0 aliphatic rings. The maximum atomic E-state index is 12.4. The molecule has 0 fully saturated rings. The maximum absolute atomic E-state index is 12.4. The Morgan fingerprint density at radius 2 is 2.00 bits per heavy atom. The number of hydrogen-bond donors (Lipinski definition) is 1. The molecule has 4 nitrogen and oxygen atoms in total. The topological polar surface area (TPSA) is 57.4 Å². The van der Waals surface area contributed by atoms with Gasteiger partial charge in [-0.15, -0.1) is 11.3 Å². The SMILES string of the molecule is COc1ccc(-c2nc(C)c(C(C)N)s2)cc1OC(F)F. The van der Waals surface area contributed by atoms with Crippen LogP contribution in [0, 0.1) is 6.92 Å². The van der Waals surface area contributed by atoms with Crippen molar-refractivity contribution in [3.8, 4) is 22.1 Å². The lowest BCUT2D eigenvalue weighted by molar-refractivity contribution is -0.0511. The summed E-state index contributed by atoms with van der Waals surface area (Å²) < 4.78 is 34.4. The highest BCUT2D eigenvalue weighted by molar-refractivity contribution is 7.15. The van der Waals surface area contributed by atoms with Gasteiger partial charge in [0.2, 0.25) is 0 Å². The summed E-state index contributed by atoms with van der Waals surface area (Å²) in [6, 6.07) is 4.70. The van der Waals surface area contributed by atoms with Crippen molar-refractivity contribution in [1.82, 2.24) is 4.98 Å². The average Bonchev–Trinajstić information content (AvgIpc) is 2.80. The number of halogens is 2. The van der Waals surface area contributed by atoms with E-state index >= 15 is 0 Å². The van der Waals surface area contributed by atoms with Crippen molar-refractivity contribution in [3.63, 3.8) is 0 Å². The van der Waals surface area contributed by atoms with Crippen LogP contribution in [-0.2, 0) is 0 Å². The predicted octanol–water partition coefficient (Wildman–Crippen LogP) is 3.75. The Morgan fingerprint density at radius 3 is 2.52 bits per heavy atom. The minimum Gasteiger partial charge on any atom is -0.493 e. The van der Waals surface area contributed by atoms with Gasteiger partial charge in [0, 0.05) is 16.5 Å². The van der Waals surface area contributed by atoms with Crippen molar-refractivity contribution in [2.75, 3.05) is 7.11 Å². The number of methoxy groups -OCH3 is 1. The molecule has 0 saturated heterocycles. The van der Waals surface area contributed by atoms with Crippen molar-refractivity contribution in [2.24, 2.45) is 5.73 Å². The summed E-state index contributed by atoms with van der Waals surface area (Å²) in [5, 5.41) is 0.710. The van der Waals surface area contributed by atoms with E-state index in [9.17, 15) is 8.78 Å². The van der Waals surface area contributed by atoms with E-state index in [-0.39, 0.29) is 17.5 Å². The molecular weight excluding hydrogens is 298 g/mol. The largest absolute Gasteiger partial charge is 0.493 e. The van der Waals surface area contributed by atoms with Crippen LogP contribution in [0.3, 0.4) is 0 Å². The summed E-state index contributed by atoms with van der Waals surface area (Å²) in [6.45, 7) is 0.842. The number of nitrogens with two attached hydrogens (primary N) is 1. The summed E-state index contributed by atoms with van der Waals surface area (Å²) in [4.78, 5) is 5.40. The second-order valence-corrected chi connectivity index (χ2v) is 5.53. The zero-order valence-corrected chi connectivity index (χ0v) is 12.7. The van der Waals surface area contributed by atoms with Gasteiger partial charge >= 0.3 is 6.61 Å². The molecule has 21 heavy (non-hydrogen) atoms. The van der Waals surface area contributed by atoms with Crippen LogP contribution in [0.4, 0.5) is 8.78 Å². The van der Waals surface area contributed by atoms with Gasteiger partial charge < -0.3 is 15.2 Å². The van der Waals surface area contributed by atoms with E-state index in [1.54, 1.807) is 12.1 Å². The van der Waals surface area contributed by atoms with E-state index in [1.165, 1.54) is 24.5 Å². The fraction of sp³-hybridized carbons (Fsp3) is 0.357. The lowest BCUT2D eigenvalue weighted by Gasteiger charge is -2.10. The summed E-state index contributed by atoms with van der Waals surface area (Å²) in [5.41, 5.74) is 7.41. The second-order valence-electron chi connectivity index (χ2n) is 4.50. The van der Waals surface area contributed by atoms with Crippen LogP contribution in [0.15, 0.2) is 18.2 Å². The minimum absolute atomic E-state index is 0.0137. The highest BCUT2D eigenvalue weighted by Gasteiger charge is 2.16. The van der Waals surface area contributed by atoms with Crippen LogP contribution >= 0.6 is 11.3 Å². The molecular formula is C14H16F2N2O2S. The molecule has 7 heteroatoms. The molecule has 0 saturated carbocycles. The van der Waals surface area contributed by atoms with Gasteiger partial charge in [-0.25, -0.2) is 4.98 Å². The van der Waals surface area contributed by atoms with Crippen LogP contribution in [0.2, 0.25) is 0 Å². The first kappa shape index (κ1) is 15.7. The maximum Gasteiger partial charge on any atom is 0.387 e. The van der Waals surface area contributed by atoms with Crippen LogP contribution in [-0.4, -0.2) is 18.7 Å². The minimum atomic E-state index is -2.91. The number of thiazole rings is 1. The summed E-state index contributed by atoms with van der Waals surface area (Å²) in [6.07, 6.45) is 0. The van der Waals surface area contributed by atoms with Gasteiger partial charge in [-0.3, -0.25) is 0 Å². The first-order valence-electron chi connectivity index (χ1n) is 6.28. The molecule has 0 amide bonds. The normalized spacial score (nSPS) is 12.5. The van der Waals surface area contributed by atoms with E-state index in [0.29, 0.717) is 10.6 Å². The van der Waals surface area contributed by atoms with Crippen molar-refractivity contribution in [3.05, 3.63) is 28.8 Å². The Morgan fingerprint density at radius 1 is 1.29 bits per heavy atom.